The topological polar surface area (TPSA) is 64.6 Å². The number of hydrogen-bond donors (Lipinski definition) is 0. The first-order chi connectivity index (χ1) is 11.7. The number of likely N-dealkylation sites (tertiary alicyclic amines) is 1. The van der Waals surface area contributed by atoms with Crippen LogP contribution in [0.4, 0.5) is 0 Å². The van der Waals surface area contributed by atoms with Gasteiger partial charge in [0.25, 0.3) is 5.91 Å². The second-order valence-electron chi connectivity index (χ2n) is 5.89. The molecule has 6 nitrogen and oxygen atoms in total. The van der Waals surface area contributed by atoms with Crippen LogP contribution in [-0.2, 0) is 4.74 Å². The number of aromatic nitrogens is 2. The molecule has 0 aliphatic carbocycles. The molecule has 2 heterocycles. The molecule has 1 aromatic heterocycles. The largest absolute Gasteiger partial charge is 0.491 e. The fourth-order valence-electron chi connectivity index (χ4n) is 2.90. The van der Waals surface area contributed by atoms with Crippen LogP contribution in [0.25, 0.3) is 0 Å². The molecule has 6 heteroatoms. The van der Waals surface area contributed by atoms with Crippen LogP contribution < -0.4 is 4.74 Å². The molecule has 1 aliphatic rings. The van der Waals surface area contributed by atoms with E-state index < -0.39 is 5.60 Å². The van der Waals surface area contributed by atoms with Gasteiger partial charge in [0, 0.05) is 26.0 Å². The summed E-state index contributed by atoms with van der Waals surface area (Å²) in [7, 11) is 1.67. The average molecular weight is 327 g/mol. The summed E-state index contributed by atoms with van der Waals surface area (Å²) < 4.78 is 11.6. The third-order valence-electron chi connectivity index (χ3n) is 4.26. The molecule has 1 amide bonds. The summed E-state index contributed by atoms with van der Waals surface area (Å²) in [5.41, 5.74) is -0.515. The summed E-state index contributed by atoms with van der Waals surface area (Å²) in [6, 6.07) is 11.3. The van der Waals surface area contributed by atoms with Crippen LogP contribution in [0.1, 0.15) is 23.5 Å². The third kappa shape index (κ3) is 3.71. The zero-order valence-corrected chi connectivity index (χ0v) is 13.7. The lowest BCUT2D eigenvalue weighted by Crippen LogP contribution is -2.54. The number of hydrogen-bond acceptors (Lipinski definition) is 5. The van der Waals surface area contributed by atoms with Crippen LogP contribution >= 0.6 is 0 Å². The maximum atomic E-state index is 12.6. The fourth-order valence-corrected chi connectivity index (χ4v) is 2.90. The van der Waals surface area contributed by atoms with Gasteiger partial charge in [0.05, 0.1) is 6.54 Å². The SMILES string of the molecule is COC1(COc2ccccc2)CCCN(C(=O)c2ncccn2)C1. The highest BCUT2D eigenvalue weighted by atomic mass is 16.5. The Labute approximate surface area is 141 Å². The van der Waals surface area contributed by atoms with Crippen molar-refractivity contribution in [1.29, 1.82) is 0 Å². The van der Waals surface area contributed by atoms with Crippen molar-refractivity contribution < 1.29 is 14.3 Å². The minimum atomic E-state index is -0.515. The molecule has 0 radical (unpaired) electrons. The Morgan fingerprint density at radius 3 is 2.67 bits per heavy atom. The molecule has 1 unspecified atom stereocenters. The van der Waals surface area contributed by atoms with Crippen molar-refractivity contribution in [1.82, 2.24) is 14.9 Å². The number of carbonyl (C=O) groups excluding carboxylic acids is 1. The van der Waals surface area contributed by atoms with Crippen molar-refractivity contribution >= 4 is 5.91 Å². The zero-order valence-electron chi connectivity index (χ0n) is 13.7. The van der Waals surface area contributed by atoms with Crippen LogP contribution in [0.5, 0.6) is 5.75 Å². The monoisotopic (exact) mass is 327 g/mol. The minimum Gasteiger partial charge on any atom is -0.491 e. The Kier molecular flexibility index (Phi) is 5.05. The summed E-state index contributed by atoms with van der Waals surface area (Å²) in [6.07, 6.45) is 4.85. The van der Waals surface area contributed by atoms with Crippen molar-refractivity contribution in [3.05, 3.63) is 54.6 Å². The van der Waals surface area contributed by atoms with Gasteiger partial charge >= 0.3 is 0 Å². The van der Waals surface area contributed by atoms with Gasteiger partial charge in [-0.25, -0.2) is 9.97 Å². The number of piperidine rings is 1. The highest BCUT2D eigenvalue weighted by Crippen LogP contribution is 2.26. The van der Waals surface area contributed by atoms with E-state index in [1.54, 1.807) is 30.5 Å². The van der Waals surface area contributed by atoms with Crippen LogP contribution in [0.2, 0.25) is 0 Å². The van der Waals surface area contributed by atoms with E-state index >= 15 is 0 Å². The van der Waals surface area contributed by atoms with Crippen LogP contribution in [0.3, 0.4) is 0 Å². The van der Waals surface area contributed by atoms with E-state index in [-0.39, 0.29) is 11.7 Å². The number of nitrogens with zero attached hydrogens (tertiary/aromatic N) is 3. The minimum absolute atomic E-state index is 0.170. The first-order valence-electron chi connectivity index (χ1n) is 8.02. The van der Waals surface area contributed by atoms with Crippen molar-refractivity contribution in [3.63, 3.8) is 0 Å². The van der Waals surface area contributed by atoms with Crippen LogP contribution in [0, 0.1) is 0 Å². The third-order valence-corrected chi connectivity index (χ3v) is 4.26. The Morgan fingerprint density at radius 2 is 1.96 bits per heavy atom. The van der Waals surface area contributed by atoms with Gasteiger partial charge in [0.2, 0.25) is 5.82 Å². The maximum Gasteiger partial charge on any atom is 0.291 e. The summed E-state index contributed by atoms with van der Waals surface area (Å²) in [5, 5.41) is 0. The summed E-state index contributed by atoms with van der Waals surface area (Å²) >= 11 is 0. The molecular formula is C18H21N3O3. The van der Waals surface area contributed by atoms with Crippen molar-refractivity contribution in [2.45, 2.75) is 18.4 Å². The fraction of sp³-hybridized carbons (Fsp3) is 0.389. The van der Waals surface area contributed by atoms with Gasteiger partial charge in [-0.3, -0.25) is 4.79 Å². The van der Waals surface area contributed by atoms with Gasteiger partial charge in [-0.2, -0.15) is 0 Å². The Hall–Kier alpha value is -2.47. The van der Waals surface area contributed by atoms with Gasteiger partial charge in [-0.1, -0.05) is 18.2 Å². The molecule has 1 aromatic carbocycles. The summed E-state index contributed by atoms with van der Waals surface area (Å²) in [4.78, 5) is 22.4. The lowest BCUT2D eigenvalue weighted by Gasteiger charge is -2.41. The first kappa shape index (κ1) is 16.4. The van der Waals surface area contributed by atoms with E-state index in [1.807, 2.05) is 30.3 Å². The smallest absolute Gasteiger partial charge is 0.291 e. The standard InChI is InChI=1S/C18H21N3O3/c1-23-18(14-24-15-7-3-2-4-8-15)9-5-12-21(13-18)17(22)16-19-10-6-11-20-16/h2-4,6-8,10-11H,5,9,12-14H2,1H3. The number of benzene rings is 1. The number of amides is 1. The second kappa shape index (κ2) is 7.40. The average Bonchev–Trinajstić information content (AvgIpc) is 2.67. The Morgan fingerprint density at radius 1 is 1.21 bits per heavy atom. The van der Waals surface area contributed by atoms with E-state index in [0.717, 1.165) is 18.6 Å². The molecule has 1 fully saturated rings. The number of ether oxygens (including phenoxy) is 2. The Bertz CT molecular complexity index is 666. The van der Waals surface area contributed by atoms with Crippen LogP contribution in [-0.4, -0.2) is 53.2 Å². The van der Waals surface area contributed by atoms with Gasteiger partial charge in [0.15, 0.2) is 0 Å². The first-order valence-corrected chi connectivity index (χ1v) is 8.02. The molecule has 3 rings (SSSR count). The molecule has 0 spiro atoms. The quantitative estimate of drug-likeness (QED) is 0.842. The highest BCUT2D eigenvalue weighted by molar-refractivity contribution is 5.90. The van der Waals surface area contributed by atoms with Gasteiger partial charge in [-0.05, 0) is 31.0 Å². The normalized spacial score (nSPS) is 20.6. The molecule has 0 N–H and O–H groups in total. The number of para-hydroxylation sites is 1. The second-order valence-corrected chi connectivity index (χ2v) is 5.89. The lowest BCUT2D eigenvalue weighted by molar-refractivity contribution is -0.0826. The van der Waals surface area contributed by atoms with Crippen LogP contribution in [0.15, 0.2) is 48.8 Å². The van der Waals surface area contributed by atoms with Gasteiger partial charge < -0.3 is 14.4 Å². The number of methoxy groups -OCH3 is 1. The van der Waals surface area contributed by atoms with E-state index in [9.17, 15) is 4.79 Å². The van der Waals surface area contributed by atoms with Crippen molar-refractivity contribution in [3.8, 4) is 5.75 Å². The molecule has 2 aromatic rings. The van der Waals surface area contributed by atoms with E-state index in [4.69, 9.17) is 9.47 Å². The molecule has 0 bridgehead atoms. The van der Waals surface area contributed by atoms with Crippen molar-refractivity contribution in [2.24, 2.45) is 0 Å². The zero-order chi connectivity index (χ0) is 16.8. The Balaban J connectivity index is 1.68. The molecule has 24 heavy (non-hydrogen) atoms. The molecule has 1 saturated heterocycles. The van der Waals surface area contributed by atoms with Gasteiger partial charge in [0.1, 0.15) is 18.0 Å². The van der Waals surface area contributed by atoms with Gasteiger partial charge in [-0.15, -0.1) is 0 Å². The summed E-state index contributed by atoms with van der Waals surface area (Å²) in [6.45, 7) is 1.54. The van der Waals surface area contributed by atoms with E-state index in [2.05, 4.69) is 9.97 Å². The lowest BCUT2D eigenvalue weighted by atomic mass is 9.93. The predicted molar refractivity (Wildman–Crippen MR) is 88.8 cm³/mol. The predicted octanol–water partition coefficient (Wildman–Crippen LogP) is 2.18. The number of rotatable bonds is 5. The molecule has 1 aliphatic heterocycles. The highest BCUT2D eigenvalue weighted by Gasteiger charge is 2.39. The molecule has 1 atom stereocenters. The molecule has 0 saturated carbocycles. The molecular weight excluding hydrogens is 306 g/mol. The van der Waals surface area contributed by atoms with Crippen molar-refractivity contribution in [2.75, 3.05) is 26.8 Å². The van der Waals surface area contributed by atoms with E-state index in [0.29, 0.717) is 19.7 Å². The summed E-state index contributed by atoms with van der Waals surface area (Å²) in [5.74, 6) is 0.841. The number of carbonyl (C=O) groups is 1. The maximum absolute atomic E-state index is 12.6. The molecule has 126 valence electrons. The van der Waals surface area contributed by atoms with E-state index in [1.165, 1.54) is 0 Å².